The van der Waals surface area contributed by atoms with Gasteiger partial charge in [0.1, 0.15) is 0 Å². The molecule has 0 aliphatic rings. The van der Waals surface area contributed by atoms with E-state index in [9.17, 15) is 4.79 Å². The van der Waals surface area contributed by atoms with Crippen LogP contribution in [0.1, 0.15) is 22.8 Å². The molecule has 0 spiro atoms. The van der Waals surface area contributed by atoms with Crippen molar-refractivity contribution in [3.8, 4) is 0 Å². The van der Waals surface area contributed by atoms with Gasteiger partial charge < -0.3 is 10.6 Å². The Kier molecular flexibility index (Phi) is 4.30. The summed E-state index contributed by atoms with van der Waals surface area (Å²) >= 11 is 5.87. The Morgan fingerprint density at radius 2 is 1.95 bits per heavy atom. The van der Waals surface area contributed by atoms with Gasteiger partial charge in [-0.3, -0.25) is 4.79 Å². The summed E-state index contributed by atoms with van der Waals surface area (Å²) < 4.78 is 0. The summed E-state index contributed by atoms with van der Waals surface area (Å²) in [6.07, 6.45) is 0. The van der Waals surface area contributed by atoms with Crippen LogP contribution >= 0.6 is 11.6 Å². The number of carbonyl (C=O) groups excluding carboxylic acids is 1. The first-order chi connectivity index (χ1) is 9.54. The zero-order valence-corrected chi connectivity index (χ0v) is 12.3. The van der Waals surface area contributed by atoms with E-state index in [-0.39, 0.29) is 5.91 Å². The van der Waals surface area contributed by atoms with Crippen molar-refractivity contribution in [1.82, 2.24) is 0 Å². The molecule has 2 aromatic carbocycles. The number of benzene rings is 2. The number of nitrogen functional groups attached to an aromatic ring is 1. The molecule has 0 unspecified atom stereocenters. The molecule has 0 aliphatic heterocycles. The minimum Gasteiger partial charge on any atom is -0.398 e. The van der Waals surface area contributed by atoms with Crippen molar-refractivity contribution < 1.29 is 4.79 Å². The zero-order chi connectivity index (χ0) is 14.7. The van der Waals surface area contributed by atoms with Gasteiger partial charge in [0.2, 0.25) is 0 Å². The molecular formula is C16H17ClN2O. The van der Waals surface area contributed by atoms with Gasteiger partial charge in [-0.1, -0.05) is 29.8 Å². The van der Waals surface area contributed by atoms with E-state index in [1.807, 2.05) is 38.1 Å². The Bertz CT molecular complexity index is 640. The highest BCUT2D eigenvalue weighted by Gasteiger charge is 2.19. The van der Waals surface area contributed by atoms with Crippen molar-refractivity contribution in [2.24, 2.45) is 0 Å². The van der Waals surface area contributed by atoms with E-state index in [1.54, 1.807) is 23.1 Å². The van der Waals surface area contributed by atoms with Crippen LogP contribution in [0.3, 0.4) is 0 Å². The van der Waals surface area contributed by atoms with Crippen LogP contribution in [0.5, 0.6) is 0 Å². The van der Waals surface area contributed by atoms with Crippen molar-refractivity contribution in [1.29, 1.82) is 0 Å². The van der Waals surface area contributed by atoms with Gasteiger partial charge in [0, 0.05) is 22.9 Å². The highest BCUT2D eigenvalue weighted by molar-refractivity contribution is 6.31. The van der Waals surface area contributed by atoms with Crippen LogP contribution in [0.4, 0.5) is 11.4 Å². The number of rotatable bonds is 3. The lowest BCUT2D eigenvalue weighted by atomic mass is 10.1. The maximum atomic E-state index is 12.7. The Labute approximate surface area is 124 Å². The summed E-state index contributed by atoms with van der Waals surface area (Å²) in [6.45, 7) is 4.50. The minimum absolute atomic E-state index is 0.115. The molecule has 0 aliphatic carbocycles. The SMILES string of the molecule is CCN(C(=O)c1ccc(Cl)cc1N)c1ccccc1C. The zero-order valence-electron chi connectivity index (χ0n) is 11.6. The summed E-state index contributed by atoms with van der Waals surface area (Å²) in [5.41, 5.74) is 8.72. The molecule has 0 aromatic heterocycles. The fourth-order valence-corrected chi connectivity index (χ4v) is 2.34. The largest absolute Gasteiger partial charge is 0.398 e. The molecule has 2 N–H and O–H groups in total. The van der Waals surface area contributed by atoms with Gasteiger partial charge in [-0.15, -0.1) is 0 Å². The molecule has 4 heteroatoms. The quantitative estimate of drug-likeness (QED) is 0.871. The smallest absolute Gasteiger partial charge is 0.260 e. The number of anilines is 2. The third-order valence-corrected chi connectivity index (χ3v) is 3.45. The average molecular weight is 289 g/mol. The molecule has 2 rings (SSSR count). The third kappa shape index (κ3) is 2.78. The van der Waals surface area contributed by atoms with E-state index < -0.39 is 0 Å². The highest BCUT2D eigenvalue weighted by atomic mass is 35.5. The van der Waals surface area contributed by atoms with Gasteiger partial charge in [-0.25, -0.2) is 0 Å². The minimum atomic E-state index is -0.115. The molecule has 0 radical (unpaired) electrons. The van der Waals surface area contributed by atoms with Crippen LogP contribution in [-0.4, -0.2) is 12.5 Å². The number of hydrogen-bond acceptors (Lipinski definition) is 2. The number of aryl methyl sites for hydroxylation is 1. The summed E-state index contributed by atoms with van der Waals surface area (Å²) in [6, 6.07) is 12.7. The maximum Gasteiger partial charge on any atom is 0.260 e. The predicted octanol–water partition coefficient (Wildman–Crippen LogP) is 3.90. The van der Waals surface area contributed by atoms with E-state index in [0.29, 0.717) is 22.8 Å². The molecule has 0 saturated carbocycles. The van der Waals surface area contributed by atoms with Crippen LogP contribution < -0.4 is 10.6 Å². The fraction of sp³-hybridized carbons (Fsp3) is 0.188. The third-order valence-electron chi connectivity index (χ3n) is 3.21. The molecular weight excluding hydrogens is 272 g/mol. The summed E-state index contributed by atoms with van der Waals surface area (Å²) in [5, 5.41) is 0.526. The van der Waals surface area contributed by atoms with Crippen molar-refractivity contribution in [3.63, 3.8) is 0 Å². The maximum absolute atomic E-state index is 12.7. The van der Waals surface area contributed by atoms with Crippen molar-refractivity contribution in [2.45, 2.75) is 13.8 Å². The van der Waals surface area contributed by atoms with Gasteiger partial charge >= 0.3 is 0 Å². The van der Waals surface area contributed by atoms with E-state index >= 15 is 0 Å². The normalized spacial score (nSPS) is 10.3. The lowest BCUT2D eigenvalue weighted by molar-refractivity contribution is 0.0989. The second-order valence-electron chi connectivity index (χ2n) is 4.57. The summed E-state index contributed by atoms with van der Waals surface area (Å²) in [5.74, 6) is -0.115. The number of nitrogens with two attached hydrogens (primary N) is 1. The van der Waals surface area contributed by atoms with E-state index in [2.05, 4.69) is 0 Å². The molecule has 3 nitrogen and oxygen atoms in total. The van der Waals surface area contributed by atoms with Crippen LogP contribution in [0.2, 0.25) is 5.02 Å². The van der Waals surface area contributed by atoms with Crippen molar-refractivity contribution in [2.75, 3.05) is 17.2 Å². The molecule has 0 saturated heterocycles. The fourth-order valence-electron chi connectivity index (χ4n) is 2.16. The van der Waals surface area contributed by atoms with E-state index in [0.717, 1.165) is 11.3 Å². The lowest BCUT2D eigenvalue weighted by Gasteiger charge is -2.23. The van der Waals surface area contributed by atoms with Gasteiger partial charge in [-0.2, -0.15) is 0 Å². The highest BCUT2D eigenvalue weighted by Crippen LogP contribution is 2.25. The first-order valence-corrected chi connectivity index (χ1v) is 6.85. The molecule has 0 atom stereocenters. The van der Waals surface area contributed by atoms with E-state index in [1.165, 1.54) is 0 Å². The first kappa shape index (κ1) is 14.4. The predicted molar refractivity (Wildman–Crippen MR) is 84.4 cm³/mol. The first-order valence-electron chi connectivity index (χ1n) is 6.47. The second kappa shape index (κ2) is 5.97. The molecule has 0 bridgehead atoms. The summed E-state index contributed by atoms with van der Waals surface area (Å²) in [4.78, 5) is 14.4. The second-order valence-corrected chi connectivity index (χ2v) is 5.00. The van der Waals surface area contributed by atoms with Gasteiger partial charge in [-0.05, 0) is 43.7 Å². The van der Waals surface area contributed by atoms with Crippen LogP contribution in [0.25, 0.3) is 0 Å². The van der Waals surface area contributed by atoms with Crippen molar-refractivity contribution >= 4 is 28.9 Å². The monoisotopic (exact) mass is 288 g/mol. The Balaban J connectivity index is 2.42. The topological polar surface area (TPSA) is 46.3 Å². The van der Waals surface area contributed by atoms with E-state index in [4.69, 9.17) is 17.3 Å². The van der Waals surface area contributed by atoms with Gasteiger partial charge in [0.15, 0.2) is 0 Å². The molecule has 104 valence electrons. The number of hydrogen-bond donors (Lipinski definition) is 1. The number of halogens is 1. The number of amides is 1. The van der Waals surface area contributed by atoms with Gasteiger partial charge in [0.05, 0.1) is 5.56 Å². The Morgan fingerprint density at radius 3 is 2.55 bits per heavy atom. The number of para-hydroxylation sites is 1. The number of carbonyl (C=O) groups is 1. The van der Waals surface area contributed by atoms with Crippen LogP contribution in [0.15, 0.2) is 42.5 Å². The Hall–Kier alpha value is -2.00. The Morgan fingerprint density at radius 1 is 1.25 bits per heavy atom. The lowest BCUT2D eigenvalue weighted by Crippen LogP contribution is -2.31. The molecule has 1 amide bonds. The average Bonchev–Trinajstić information content (AvgIpc) is 2.41. The molecule has 2 aromatic rings. The molecule has 0 fully saturated rings. The van der Waals surface area contributed by atoms with Crippen LogP contribution in [0, 0.1) is 6.92 Å². The van der Waals surface area contributed by atoms with Gasteiger partial charge in [0.25, 0.3) is 5.91 Å². The molecule has 20 heavy (non-hydrogen) atoms. The number of nitrogens with zero attached hydrogens (tertiary/aromatic N) is 1. The standard InChI is InChI=1S/C16H17ClN2O/c1-3-19(15-7-5-4-6-11(15)2)16(20)13-9-8-12(17)10-14(13)18/h4-10H,3,18H2,1-2H3. The van der Waals surface area contributed by atoms with Crippen LogP contribution in [-0.2, 0) is 0 Å². The molecule has 0 heterocycles. The summed E-state index contributed by atoms with van der Waals surface area (Å²) in [7, 11) is 0. The van der Waals surface area contributed by atoms with Crippen molar-refractivity contribution in [3.05, 3.63) is 58.6 Å².